The lowest BCUT2D eigenvalue weighted by molar-refractivity contribution is -0.684. The third-order valence-electron chi connectivity index (χ3n) is 4.34. The van der Waals surface area contributed by atoms with Gasteiger partial charge in [0, 0.05) is 11.8 Å². The van der Waals surface area contributed by atoms with Gasteiger partial charge in [0.1, 0.15) is 11.3 Å². The van der Waals surface area contributed by atoms with Gasteiger partial charge in [0.05, 0.1) is 17.9 Å². The van der Waals surface area contributed by atoms with Gasteiger partial charge in [-0.25, -0.2) is 0 Å². The molecular formula is C23H23N4O4+. The standard InChI is InChI=1S/C23H22N4O4/c1-2-31-18-11-9-17(10-12-18)25-23(30)19-7-3-4-8-20(19)26-21(28)15-27-13-5-6-16(14-27)22(24)29/h3-14H,2,15H2,1H3,(H3-,24,25,26,28,29,30)/p+1. The van der Waals surface area contributed by atoms with Gasteiger partial charge in [-0.1, -0.05) is 12.1 Å². The van der Waals surface area contributed by atoms with E-state index >= 15 is 0 Å². The Morgan fingerprint density at radius 2 is 1.71 bits per heavy atom. The minimum absolute atomic E-state index is 0.0457. The molecule has 8 heteroatoms. The van der Waals surface area contributed by atoms with E-state index in [-0.39, 0.29) is 18.4 Å². The van der Waals surface area contributed by atoms with E-state index in [1.54, 1.807) is 66.9 Å². The molecule has 0 spiro atoms. The van der Waals surface area contributed by atoms with Crippen molar-refractivity contribution in [1.82, 2.24) is 0 Å². The van der Waals surface area contributed by atoms with Crippen LogP contribution >= 0.6 is 0 Å². The summed E-state index contributed by atoms with van der Waals surface area (Å²) in [6.07, 6.45) is 3.14. The molecule has 0 radical (unpaired) electrons. The molecule has 31 heavy (non-hydrogen) atoms. The molecule has 158 valence electrons. The number of anilines is 2. The van der Waals surface area contributed by atoms with Crippen LogP contribution in [-0.4, -0.2) is 24.3 Å². The Kier molecular flexibility index (Phi) is 6.95. The predicted octanol–water partition coefficient (Wildman–Crippen LogP) is 2.36. The summed E-state index contributed by atoms with van der Waals surface area (Å²) in [5.74, 6) is -0.575. The molecule has 0 atom stereocenters. The molecule has 4 N–H and O–H groups in total. The van der Waals surface area contributed by atoms with Crippen molar-refractivity contribution in [2.24, 2.45) is 5.73 Å². The second-order valence-electron chi connectivity index (χ2n) is 6.63. The summed E-state index contributed by atoms with van der Waals surface area (Å²) in [7, 11) is 0. The topological polar surface area (TPSA) is 114 Å². The van der Waals surface area contributed by atoms with Crippen molar-refractivity contribution in [3.05, 3.63) is 84.2 Å². The van der Waals surface area contributed by atoms with Crippen LogP contribution in [0.3, 0.4) is 0 Å². The highest BCUT2D eigenvalue weighted by atomic mass is 16.5. The zero-order valence-electron chi connectivity index (χ0n) is 17.0. The van der Waals surface area contributed by atoms with Gasteiger partial charge < -0.3 is 21.1 Å². The number of ether oxygens (including phenoxy) is 1. The molecule has 0 aliphatic heterocycles. The number of carbonyl (C=O) groups is 3. The van der Waals surface area contributed by atoms with Crippen LogP contribution in [0.2, 0.25) is 0 Å². The lowest BCUT2D eigenvalue weighted by atomic mass is 10.1. The zero-order chi connectivity index (χ0) is 22.2. The minimum Gasteiger partial charge on any atom is -0.494 e. The number of para-hydroxylation sites is 1. The highest BCUT2D eigenvalue weighted by molar-refractivity contribution is 6.10. The average molecular weight is 419 g/mol. The third-order valence-corrected chi connectivity index (χ3v) is 4.34. The third kappa shape index (κ3) is 5.89. The largest absolute Gasteiger partial charge is 0.494 e. The summed E-state index contributed by atoms with van der Waals surface area (Å²) in [4.78, 5) is 36.6. The molecular weight excluding hydrogens is 396 g/mol. The molecule has 0 bridgehead atoms. The first-order valence-electron chi connectivity index (χ1n) is 9.68. The quantitative estimate of drug-likeness (QED) is 0.486. The van der Waals surface area contributed by atoms with Crippen LogP contribution < -0.4 is 25.7 Å². The monoisotopic (exact) mass is 419 g/mol. The van der Waals surface area contributed by atoms with Gasteiger partial charge in [0.2, 0.25) is 6.54 Å². The summed E-state index contributed by atoms with van der Waals surface area (Å²) >= 11 is 0. The number of nitrogens with zero attached hydrogens (tertiary/aromatic N) is 1. The summed E-state index contributed by atoms with van der Waals surface area (Å²) in [5, 5.41) is 5.55. The van der Waals surface area contributed by atoms with Gasteiger partial charge in [-0.05, 0) is 49.4 Å². The number of carbonyl (C=O) groups excluding carboxylic acids is 3. The smallest absolute Gasteiger partial charge is 0.290 e. The predicted molar refractivity (Wildman–Crippen MR) is 116 cm³/mol. The molecule has 0 unspecified atom stereocenters. The number of rotatable bonds is 8. The highest BCUT2D eigenvalue weighted by Gasteiger charge is 2.16. The Morgan fingerprint density at radius 3 is 2.42 bits per heavy atom. The molecule has 3 aromatic rings. The van der Waals surface area contributed by atoms with Gasteiger partial charge in [0.15, 0.2) is 12.4 Å². The second-order valence-corrected chi connectivity index (χ2v) is 6.63. The summed E-state index contributed by atoms with van der Waals surface area (Å²) < 4.78 is 6.93. The van der Waals surface area contributed by atoms with E-state index in [0.29, 0.717) is 34.9 Å². The van der Waals surface area contributed by atoms with Crippen LogP contribution in [0.25, 0.3) is 0 Å². The number of pyridine rings is 1. The molecule has 0 aliphatic rings. The molecule has 0 aliphatic carbocycles. The lowest BCUT2D eigenvalue weighted by Gasteiger charge is -2.11. The molecule has 2 aromatic carbocycles. The van der Waals surface area contributed by atoms with Gasteiger partial charge in [-0.3, -0.25) is 14.4 Å². The van der Waals surface area contributed by atoms with Crippen molar-refractivity contribution in [3.8, 4) is 5.75 Å². The van der Waals surface area contributed by atoms with E-state index in [4.69, 9.17) is 10.5 Å². The number of hydrogen-bond acceptors (Lipinski definition) is 4. The molecule has 1 aromatic heterocycles. The van der Waals surface area contributed by atoms with Crippen molar-refractivity contribution >= 4 is 29.1 Å². The van der Waals surface area contributed by atoms with E-state index in [0.717, 1.165) is 0 Å². The number of benzene rings is 2. The van der Waals surface area contributed by atoms with Crippen molar-refractivity contribution in [2.45, 2.75) is 13.5 Å². The van der Waals surface area contributed by atoms with Crippen LogP contribution in [-0.2, 0) is 11.3 Å². The number of nitrogens with two attached hydrogens (primary N) is 1. The molecule has 0 fully saturated rings. The molecule has 3 rings (SSSR count). The molecule has 1 heterocycles. The van der Waals surface area contributed by atoms with Gasteiger partial charge >= 0.3 is 0 Å². The Balaban J connectivity index is 1.69. The summed E-state index contributed by atoms with van der Waals surface area (Å²) in [6, 6.07) is 16.9. The second kappa shape index (κ2) is 10.0. The molecule has 0 saturated carbocycles. The summed E-state index contributed by atoms with van der Waals surface area (Å²) in [6.45, 7) is 2.41. The van der Waals surface area contributed by atoms with Crippen LogP contribution in [0.5, 0.6) is 5.75 Å². The number of nitrogens with one attached hydrogen (secondary N) is 2. The van der Waals surface area contributed by atoms with E-state index in [2.05, 4.69) is 10.6 Å². The Bertz CT molecular complexity index is 1100. The fourth-order valence-electron chi connectivity index (χ4n) is 2.91. The van der Waals surface area contributed by atoms with Crippen molar-refractivity contribution in [2.75, 3.05) is 17.2 Å². The number of aromatic nitrogens is 1. The lowest BCUT2D eigenvalue weighted by Crippen LogP contribution is -2.40. The average Bonchev–Trinajstić information content (AvgIpc) is 2.75. The maximum atomic E-state index is 12.8. The fraction of sp³-hybridized carbons (Fsp3) is 0.130. The van der Waals surface area contributed by atoms with Gasteiger partial charge in [-0.2, -0.15) is 4.57 Å². The number of amides is 3. The Labute approximate surface area is 179 Å². The Hall–Kier alpha value is -4.20. The van der Waals surface area contributed by atoms with Crippen LogP contribution in [0, 0.1) is 0 Å². The highest BCUT2D eigenvalue weighted by Crippen LogP contribution is 2.19. The van der Waals surface area contributed by atoms with E-state index in [9.17, 15) is 14.4 Å². The van der Waals surface area contributed by atoms with Crippen molar-refractivity contribution < 1.29 is 23.7 Å². The zero-order valence-corrected chi connectivity index (χ0v) is 17.0. The number of hydrogen-bond donors (Lipinski definition) is 3. The van der Waals surface area contributed by atoms with E-state index in [1.165, 1.54) is 10.8 Å². The maximum Gasteiger partial charge on any atom is 0.290 e. The van der Waals surface area contributed by atoms with Gasteiger partial charge in [-0.15, -0.1) is 0 Å². The van der Waals surface area contributed by atoms with E-state index in [1.807, 2.05) is 6.92 Å². The van der Waals surface area contributed by atoms with Crippen LogP contribution in [0.1, 0.15) is 27.6 Å². The van der Waals surface area contributed by atoms with Crippen LogP contribution in [0.4, 0.5) is 11.4 Å². The first kappa shape index (κ1) is 21.5. The Morgan fingerprint density at radius 1 is 0.968 bits per heavy atom. The SMILES string of the molecule is CCOc1ccc(NC(=O)c2ccccc2NC(=O)C[n+]2cccc(C(N)=O)c2)cc1. The van der Waals surface area contributed by atoms with Gasteiger partial charge in [0.25, 0.3) is 17.7 Å². The van der Waals surface area contributed by atoms with Crippen LogP contribution in [0.15, 0.2) is 73.1 Å². The number of primary amides is 1. The maximum absolute atomic E-state index is 12.8. The van der Waals surface area contributed by atoms with Crippen molar-refractivity contribution in [1.29, 1.82) is 0 Å². The molecule has 0 saturated heterocycles. The van der Waals surface area contributed by atoms with Crippen molar-refractivity contribution in [3.63, 3.8) is 0 Å². The minimum atomic E-state index is -0.578. The summed E-state index contributed by atoms with van der Waals surface area (Å²) in [5.41, 5.74) is 6.87. The normalized spacial score (nSPS) is 10.2. The molecule has 8 nitrogen and oxygen atoms in total. The first-order chi connectivity index (χ1) is 15.0. The fourth-order valence-corrected chi connectivity index (χ4v) is 2.91. The first-order valence-corrected chi connectivity index (χ1v) is 9.68. The molecule has 3 amide bonds. The van der Waals surface area contributed by atoms with E-state index < -0.39 is 5.91 Å².